The van der Waals surface area contributed by atoms with Gasteiger partial charge in [-0.3, -0.25) is 4.79 Å². The van der Waals surface area contributed by atoms with Crippen LogP contribution in [0.5, 0.6) is 11.5 Å². The SMILES string of the molecule is COC(=O)C[C@H](N)c1cc(OC)c(O)c(Br)c1Br. The van der Waals surface area contributed by atoms with Crippen molar-refractivity contribution in [1.29, 1.82) is 0 Å². The molecule has 0 radical (unpaired) electrons. The first-order valence-corrected chi connectivity index (χ1v) is 6.58. The zero-order chi connectivity index (χ0) is 13.9. The van der Waals surface area contributed by atoms with Crippen LogP contribution in [0, 0.1) is 0 Å². The Kier molecular flexibility index (Phi) is 5.43. The third-order valence-electron chi connectivity index (χ3n) is 2.41. The number of hydrogen-bond donors (Lipinski definition) is 2. The molecule has 0 aliphatic heterocycles. The molecule has 100 valence electrons. The minimum absolute atomic E-state index is 0.0293. The molecule has 3 N–H and O–H groups in total. The fourth-order valence-corrected chi connectivity index (χ4v) is 2.43. The zero-order valence-electron chi connectivity index (χ0n) is 9.87. The average Bonchev–Trinajstić information content (AvgIpc) is 2.36. The highest BCUT2D eigenvalue weighted by Crippen LogP contribution is 2.43. The third kappa shape index (κ3) is 3.15. The molecule has 1 atom stereocenters. The maximum Gasteiger partial charge on any atom is 0.307 e. The summed E-state index contributed by atoms with van der Waals surface area (Å²) in [6.07, 6.45) is 0.0372. The highest BCUT2D eigenvalue weighted by molar-refractivity contribution is 9.13. The summed E-state index contributed by atoms with van der Waals surface area (Å²) in [6, 6.07) is 1.02. The number of ether oxygens (including phenoxy) is 2. The maximum atomic E-state index is 11.2. The molecule has 0 heterocycles. The molecular weight excluding hydrogens is 370 g/mol. The lowest BCUT2D eigenvalue weighted by atomic mass is 10.0. The molecule has 1 aromatic carbocycles. The Bertz CT molecular complexity index is 465. The van der Waals surface area contributed by atoms with Crippen molar-refractivity contribution in [3.05, 3.63) is 20.6 Å². The van der Waals surface area contributed by atoms with Crippen molar-refractivity contribution >= 4 is 37.8 Å². The fourth-order valence-electron chi connectivity index (χ4n) is 1.41. The van der Waals surface area contributed by atoms with Crippen LogP contribution in [0.15, 0.2) is 15.0 Å². The lowest BCUT2D eigenvalue weighted by molar-refractivity contribution is -0.141. The van der Waals surface area contributed by atoms with Crippen molar-refractivity contribution in [2.45, 2.75) is 12.5 Å². The van der Waals surface area contributed by atoms with Crippen LogP contribution in [-0.2, 0) is 9.53 Å². The number of aromatic hydroxyl groups is 1. The molecule has 0 aliphatic rings. The Hall–Kier alpha value is -0.790. The van der Waals surface area contributed by atoms with E-state index in [-0.39, 0.29) is 17.9 Å². The van der Waals surface area contributed by atoms with Crippen LogP contribution in [0.4, 0.5) is 0 Å². The van der Waals surface area contributed by atoms with E-state index in [9.17, 15) is 9.90 Å². The van der Waals surface area contributed by atoms with Gasteiger partial charge in [0.25, 0.3) is 0 Å². The Morgan fingerprint density at radius 1 is 1.44 bits per heavy atom. The Morgan fingerprint density at radius 2 is 2.06 bits per heavy atom. The van der Waals surface area contributed by atoms with E-state index in [1.54, 1.807) is 6.07 Å². The zero-order valence-corrected chi connectivity index (χ0v) is 13.0. The Morgan fingerprint density at radius 3 is 2.56 bits per heavy atom. The van der Waals surface area contributed by atoms with Crippen LogP contribution in [0.25, 0.3) is 0 Å². The van der Waals surface area contributed by atoms with Crippen LogP contribution in [0.2, 0.25) is 0 Å². The molecule has 0 bridgehead atoms. The third-order valence-corrected chi connectivity index (χ3v) is 4.57. The molecule has 7 heteroatoms. The number of halogens is 2. The molecule has 0 fully saturated rings. The molecule has 0 aliphatic carbocycles. The molecule has 0 amide bonds. The number of rotatable bonds is 4. The average molecular weight is 383 g/mol. The number of esters is 1. The number of benzene rings is 1. The summed E-state index contributed by atoms with van der Waals surface area (Å²) in [4.78, 5) is 11.2. The van der Waals surface area contributed by atoms with Crippen molar-refractivity contribution in [2.75, 3.05) is 14.2 Å². The number of phenols is 1. The van der Waals surface area contributed by atoms with Crippen molar-refractivity contribution in [2.24, 2.45) is 5.73 Å². The van der Waals surface area contributed by atoms with Crippen LogP contribution in [-0.4, -0.2) is 25.3 Å². The highest BCUT2D eigenvalue weighted by atomic mass is 79.9. The van der Waals surface area contributed by atoms with Crippen molar-refractivity contribution < 1.29 is 19.4 Å². The van der Waals surface area contributed by atoms with Gasteiger partial charge in [0, 0.05) is 10.5 Å². The maximum absolute atomic E-state index is 11.2. The van der Waals surface area contributed by atoms with Gasteiger partial charge in [-0.15, -0.1) is 0 Å². The second-order valence-corrected chi connectivity index (χ2v) is 5.12. The van der Waals surface area contributed by atoms with Crippen LogP contribution >= 0.6 is 31.9 Å². The van der Waals surface area contributed by atoms with Gasteiger partial charge in [-0.2, -0.15) is 0 Å². The molecule has 1 rings (SSSR count). The number of nitrogens with two attached hydrogens (primary N) is 1. The topological polar surface area (TPSA) is 81.8 Å². The standard InChI is InChI=1S/C11H13Br2NO4/c1-17-7-3-5(6(14)4-8(15)18-2)9(12)10(13)11(7)16/h3,6,16H,4,14H2,1-2H3/t6-/m0/s1. The summed E-state index contributed by atoms with van der Waals surface area (Å²) in [5.74, 6) is -0.156. The fraction of sp³-hybridized carbons (Fsp3) is 0.364. The molecule has 5 nitrogen and oxygen atoms in total. The monoisotopic (exact) mass is 381 g/mol. The van der Waals surface area contributed by atoms with E-state index >= 15 is 0 Å². The van der Waals surface area contributed by atoms with E-state index in [1.807, 2.05) is 0 Å². The van der Waals surface area contributed by atoms with E-state index in [4.69, 9.17) is 10.5 Å². The summed E-state index contributed by atoms with van der Waals surface area (Å²) in [7, 11) is 2.74. The summed E-state index contributed by atoms with van der Waals surface area (Å²) >= 11 is 6.54. The first kappa shape index (κ1) is 15.3. The van der Waals surface area contributed by atoms with E-state index < -0.39 is 12.0 Å². The number of carbonyl (C=O) groups is 1. The Labute approximate surface area is 122 Å². The minimum Gasteiger partial charge on any atom is -0.503 e. The lowest BCUT2D eigenvalue weighted by Gasteiger charge is -2.16. The van der Waals surface area contributed by atoms with Crippen LogP contribution in [0.1, 0.15) is 18.0 Å². The smallest absolute Gasteiger partial charge is 0.307 e. The molecule has 0 spiro atoms. The van der Waals surface area contributed by atoms with Gasteiger partial charge in [-0.05, 0) is 43.5 Å². The first-order valence-electron chi connectivity index (χ1n) is 4.99. The van der Waals surface area contributed by atoms with Gasteiger partial charge in [-0.25, -0.2) is 0 Å². The number of methoxy groups -OCH3 is 2. The summed E-state index contributed by atoms with van der Waals surface area (Å²) in [6.45, 7) is 0. The van der Waals surface area contributed by atoms with Gasteiger partial charge in [0.15, 0.2) is 11.5 Å². The molecule has 0 unspecified atom stereocenters. The second kappa shape index (κ2) is 6.40. The minimum atomic E-state index is -0.558. The largest absolute Gasteiger partial charge is 0.503 e. The van der Waals surface area contributed by atoms with Gasteiger partial charge in [0.1, 0.15) is 0 Å². The molecule has 18 heavy (non-hydrogen) atoms. The second-order valence-electron chi connectivity index (χ2n) is 3.53. The van der Waals surface area contributed by atoms with Crippen molar-refractivity contribution in [3.8, 4) is 11.5 Å². The normalized spacial score (nSPS) is 12.1. The number of hydrogen-bond acceptors (Lipinski definition) is 5. The summed E-state index contributed by atoms with van der Waals surface area (Å²) in [5.41, 5.74) is 6.57. The quantitative estimate of drug-likeness (QED) is 0.781. The Balaban J connectivity index is 3.16. The van der Waals surface area contributed by atoms with E-state index in [0.717, 1.165) is 0 Å². The van der Waals surface area contributed by atoms with Gasteiger partial charge in [0.05, 0.1) is 25.1 Å². The molecular formula is C11H13Br2NO4. The van der Waals surface area contributed by atoms with Gasteiger partial charge in [-0.1, -0.05) is 0 Å². The van der Waals surface area contributed by atoms with E-state index in [1.165, 1.54) is 14.2 Å². The van der Waals surface area contributed by atoms with E-state index in [2.05, 4.69) is 36.6 Å². The summed E-state index contributed by atoms with van der Waals surface area (Å²) in [5, 5.41) is 9.78. The number of phenolic OH excluding ortho intramolecular Hbond substituents is 1. The van der Waals surface area contributed by atoms with Crippen LogP contribution < -0.4 is 10.5 Å². The highest BCUT2D eigenvalue weighted by Gasteiger charge is 2.21. The molecule has 0 saturated heterocycles. The summed E-state index contributed by atoms with van der Waals surface area (Å²) < 4.78 is 10.6. The van der Waals surface area contributed by atoms with Gasteiger partial charge in [0.2, 0.25) is 0 Å². The van der Waals surface area contributed by atoms with Crippen molar-refractivity contribution in [1.82, 2.24) is 0 Å². The van der Waals surface area contributed by atoms with Gasteiger partial charge < -0.3 is 20.3 Å². The predicted molar refractivity (Wildman–Crippen MR) is 73.6 cm³/mol. The molecule has 0 aromatic heterocycles. The lowest BCUT2D eigenvalue weighted by Crippen LogP contribution is -2.17. The van der Waals surface area contributed by atoms with E-state index in [0.29, 0.717) is 14.5 Å². The number of carbonyl (C=O) groups excluding carboxylic acids is 1. The molecule has 1 aromatic rings. The predicted octanol–water partition coefficient (Wildman–Crippen LogP) is 2.49. The molecule has 0 saturated carbocycles. The van der Waals surface area contributed by atoms with Crippen molar-refractivity contribution in [3.63, 3.8) is 0 Å². The van der Waals surface area contributed by atoms with Gasteiger partial charge >= 0.3 is 5.97 Å². The first-order chi connectivity index (χ1) is 8.42. The van der Waals surface area contributed by atoms with Crippen LogP contribution in [0.3, 0.4) is 0 Å².